The highest BCUT2D eigenvalue weighted by atomic mass is 79.9. The predicted molar refractivity (Wildman–Crippen MR) is 205 cm³/mol. The highest BCUT2D eigenvalue weighted by molar-refractivity contribution is 9.10. The number of allylic oxidation sites excluding steroid dienone is 2. The van der Waals surface area contributed by atoms with Crippen LogP contribution in [0.4, 0.5) is 0 Å². The molecular weight excluding hydrogens is 724 g/mol. The molecule has 0 atom stereocenters. The van der Waals surface area contributed by atoms with Crippen molar-refractivity contribution < 1.29 is 9.47 Å². The van der Waals surface area contributed by atoms with Gasteiger partial charge >= 0.3 is 0 Å². The van der Waals surface area contributed by atoms with Crippen molar-refractivity contribution in [2.75, 3.05) is 67.6 Å². The second kappa shape index (κ2) is 24.6. The van der Waals surface area contributed by atoms with Gasteiger partial charge in [0, 0.05) is 50.0 Å². The third-order valence-corrected chi connectivity index (χ3v) is 8.17. The Bertz CT molecular complexity index is 1210. The predicted octanol–water partition coefficient (Wildman–Crippen LogP) is 5.81. The van der Waals surface area contributed by atoms with Gasteiger partial charge in [0.2, 0.25) is 0 Å². The molecule has 0 heterocycles. The molecule has 0 fully saturated rings. The van der Waals surface area contributed by atoms with Crippen LogP contribution in [0.25, 0.3) is 0 Å². The molecule has 0 amide bonds. The number of rotatable bonds is 21. The van der Waals surface area contributed by atoms with Gasteiger partial charge in [0.15, 0.2) is 0 Å². The zero-order valence-corrected chi connectivity index (χ0v) is 32.7. The van der Waals surface area contributed by atoms with Crippen molar-refractivity contribution in [2.24, 2.45) is 23.2 Å². The van der Waals surface area contributed by atoms with Crippen molar-refractivity contribution in [1.82, 2.24) is 19.8 Å². The van der Waals surface area contributed by atoms with Gasteiger partial charge in [-0.1, -0.05) is 32.4 Å². The molecule has 2 aromatic rings. The quantitative estimate of drug-likeness (QED) is 0.0699. The standard InChI is InChI=1S/C18H31BrN4O.C17H29BrN4O/c1-4-6-16(20)14-23(21)11-9-15-7-8-18(17(19)13-15)24-12-5-10-22(2)3;1-4-15(19)13-22(20)10-8-14-6-7-17(16(18)12-14)23-11-5-9-21(2)3/h7-8,13-14H,4-6,9-12,20-21H2,1-3H3;6-7,12-13H,4-5,8-11,19-20H2,1-3H3/b16-14-;15-13-. The third kappa shape index (κ3) is 20.5. The topological polar surface area (TPSA) is 136 Å². The minimum absolute atomic E-state index is 0.716. The minimum Gasteiger partial charge on any atom is -0.492 e. The maximum absolute atomic E-state index is 5.96. The fraction of sp³-hybridized carbons (Fsp3) is 0.543. The largest absolute Gasteiger partial charge is 0.492 e. The SMILES string of the molecule is CC/C(N)=C/N(N)CCc1ccc(OCCCN(C)C)c(Br)c1.CCC/C(N)=C/N(N)CCc1ccc(OCCCN(C)C)c(Br)c1. The number of benzene rings is 2. The van der Waals surface area contributed by atoms with Crippen LogP contribution >= 0.6 is 31.9 Å². The Morgan fingerprint density at radius 1 is 0.681 bits per heavy atom. The summed E-state index contributed by atoms with van der Waals surface area (Å²) < 4.78 is 13.6. The number of hydrazine groups is 2. The summed E-state index contributed by atoms with van der Waals surface area (Å²) in [5, 5.41) is 3.29. The first-order chi connectivity index (χ1) is 22.3. The van der Waals surface area contributed by atoms with Crippen molar-refractivity contribution in [3.63, 3.8) is 0 Å². The lowest BCUT2D eigenvalue weighted by atomic mass is 10.1. The highest BCUT2D eigenvalue weighted by Crippen LogP contribution is 2.27. The lowest BCUT2D eigenvalue weighted by Gasteiger charge is -2.16. The van der Waals surface area contributed by atoms with E-state index < -0.39 is 0 Å². The van der Waals surface area contributed by atoms with Crippen LogP contribution in [0.15, 0.2) is 69.1 Å². The van der Waals surface area contributed by atoms with Gasteiger partial charge in [-0.05, 0) is 134 Å². The minimum atomic E-state index is 0.716. The Hall–Kier alpha value is -2.48. The maximum atomic E-state index is 5.96. The first kappa shape index (κ1) is 42.5. The van der Waals surface area contributed by atoms with E-state index in [1.165, 1.54) is 11.1 Å². The second-order valence-electron chi connectivity index (χ2n) is 12.0. The first-order valence-electron chi connectivity index (χ1n) is 16.4. The molecule has 10 nitrogen and oxygen atoms in total. The van der Waals surface area contributed by atoms with Crippen LogP contribution < -0.4 is 32.6 Å². The number of hydrogen-bond acceptors (Lipinski definition) is 10. The molecule has 0 unspecified atom stereocenters. The van der Waals surface area contributed by atoms with Gasteiger partial charge in [0.1, 0.15) is 11.5 Å². The van der Waals surface area contributed by atoms with Crippen molar-refractivity contribution in [1.29, 1.82) is 0 Å². The summed E-state index contributed by atoms with van der Waals surface area (Å²) in [4.78, 5) is 4.31. The Labute approximate surface area is 301 Å². The monoisotopic (exact) mass is 782 g/mol. The summed E-state index contributed by atoms with van der Waals surface area (Å²) in [5.41, 5.74) is 15.7. The summed E-state index contributed by atoms with van der Waals surface area (Å²) in [7, 11) is 8.26. The van der Waals surface area contributed by atoms with Crippen LogP contribution in [0.3, 0.4) is 0 Å². The van der Waals surface area contributed by atoms with Crippen molar-refractivity contribution in [2.45, 2.75) is 58.8 Å². The molecular formula is C35H60Br2N8O2. The molecule has 0 aliphatic heterocycles. The number of halogens is 2. The summed E-state index contributed by atoms with van der Waals surface area (Å²) in [6.45, 7) is 9.03. The fourth-order valence-corrected chi connectivity index (χ4v) is 5.36. The second-order valence-corrected chi connectivity index (χ2v) is 13.7. The van der Waals surface area contributed by atoms with Crippen LogP contribution in [-0.4, -0.2) is 87.4 Å². The van der Waals surface area contributed by atoms with E-state index in [2.05, 4.69) is 101 Å². The average Bonchev–Trinajstić information content (AvgIpc) is 3.01. The maximum Gasteiger partial charge on any atom is 0.133 e. The van der Waals surface area contributed by atoms with Gasteiger partial charge in [-0.2, -0.15) is 0 Å². The molecule has 0 spiro atoms. The fourth-order valence-electron chi connectivity index (χ4n) is 4.28. The molecule has 0 saturated carbocycles. The molecule has 2 rings (SSSR count). The van der Waals surface area contributed by atoms with Crippen molar-refractivity contribution in [3.8, 4) is 11.5 Å². The Morgan fingerprint density at radius 3 is 1.47 bits per heavy atom. The normalized spacial score (nSPS) is 11.8. The Morgan fingerprint density at radius 2 is 1.11 bits per heavy atom. The number of nitrogens with zero attached hydrogens (tertiary/aromatic N) is 4. The summed E-state index contributed by atoms with van der Waals surface area (Å²) in [6, 6.07) is 12.4. The van der Waals surface area contributed by atoms with Gasteiger partial charge in [-0.25, -0.2) is 11.7 Å². The molecule has 0 radical (unpaired) electrons. The van der Waals surface area contributed by atoms with Gasteiger partial charge in [-0.3, -0.25) is 0 Å². The van der Waals surface area contributed by atoms with Crippen LogP contribution in [-0.2, 0) is 12.8 Å². The Kier molecular flexibility index (Phi) is 22.3. The van der Waals surface area contributed by atoms with Gasteiger partial charge < -0.3 is 40.8 Å². The van der Waals surface area contributed by atoms with Gasteiger partial charge in [0.05, 0.1) is 22.2 Å². The van der Waals surface area contributed by atoms with Crippen LogP contribution in [0.5, 0.6) is 11.5 Å². The Balaban J connectivity index is 0.000000470. The summed E-state index contributed by atoms with van der Waals surface area (Å²) in [6.07, 6.45) is 10.0. The van der Waals surface area contributed by atoms with Crippen LogP contribution in [0, 0.1) is 0 Å². The van der Waals surface area contributed by atoms with E-state index in [0.717, 1.165) is 103 Å². The van der Waals surface area contributed by atoms with Crippen LogP contribution in [0.1, 0.15) is 57.1 Å². The molecule has 0 bridgehead atoms. The van der Waals surface area contributed by atoms with Crippen molar-refractivity contribution >= 4 is 31.9 Å². The zero-order chi connectivity index (χ0) is 35.2. The smallest absolute Gasteiger partial charge is 0.133 e. The molecule has 266 valence electrons. The molecule has 0 aliphatic rings. The average molecular weight is 785 g/mol. The number of ether oxygens (including phenoxy) is 2. The summed E-state index contributed by atoms with van der Waals surface area (Å²) in [5.74, 6) is 13.6. The molecule has 0 aliphatic carbocycles. The van der Waals surface area contributed by atoms with Crippen molar-refractivity contribution in [3.05, 3.63) is 80.3 Å². The number of nitrogens with two attached hydrogens (primary N) is 4. The lowest BCUT2D eigenvalue weighted by molar-refractivity contribution is 0.280. The van der Waals surface area contributed by atoms with E-state index in [0.29, 0.717) is 13.2 Å². The van der Waals surface area contributed by atoms with E-state index in [1.54, 1.807) is 16.2 Å². The first-order valence-corrected chi connectivity index (χ1v) is 18.0. The number of hydrogen-bond donors (Lipinski definition) is 4. The van der Waals surface area contributed by atoms with E-state index >= 15 is 0 Å². The highest BCUT2D eigenvalue weighted by Gasteiger charge is 2.06. The summed E-state index contributed by atoms with van der Waals surface area (Å²) >= 11 is 7.16. The van der Waals surface area contributed by atoms with Crippen LogP contribution in [0.2, 0.25) is 0 Å². The van der Waals surface area contributed by atoms with E-state index in [9.17, 15) is 0 Å². The molecule has 8 N–H and O–H groups in total. The van der Waals surface area contributed by atoms with E-state index in [4.69, 9.17) is 32.6 Å². The molecule has 0 saturated heterocycles. The molecule has 12 heteroatoms. The molecule has 0 aromatic heterocycles. The van der Waals surface area contributed by atoms with E-state index in [-0.39, 0.29) is 0 Å². The molecule has 47 heavy (non-hydrogen) atoms. The zero-order valence-electron chi connectivity index (χ0n) is 29.5. The molecule has 2 aromatic carbocycles. The van der Waals surface area contributed by atoms with Gasteiger partial charge in [-0.15, -0.1) is 0 Å². The van der Waals surface area contributed by atoms with E-state index in [1.807, 2.05) is 25.3 Å². The lowest BCUT2D eigenvalue weighted by Crippen LogP contribution is -2.28. The van der Waals surface area contributed by atoms with Gasteiger partial charge in [0.25, 0.3) is 0 Å². The third-order valence-electron chi connectivity index (χ3n) is 6.93.